The average molecular weight is 243 g/mol. The summed E-state index contributed by atoms with van der Waals surface area (Å²) in [6.45, 7) is 7.57. The van der Waals surface area contributed by atoms with Gasteiger partial charge in [0.25, 0.3) is 0 Å². The van der Waals surface area contributed by atoms with E-state index in [4.69, 9.17) is 0 Å². The highest BCUT2D eigenvalue weighted by molar-refractivity contribution is 7.84. The molecule has 0 saturated carbocycles. The van der Waals surface area contributed by atoms with Gasteiger partial charge in [-0.3, -0.25) is 0 Å². The molecular formula is C12H18FNOS. The Morgan fingerprint density at radius 1 is 1.38 bits per heavy atom. The molecule has 0 saturated heterocycles. The number of nitrogens with one attached hydrogen (secondary N) is 1. The minimum Gasteiger partial charge on any atom is -0.242 e. The lowest BCUT2D eigenvalue weighted by molar-refractivity contribution is 0.605. The van der Waals surface area contributed by atoms with Crippen molar-refractivity contribution in [2.24, 2.45) is 0 Å². The minimum absolute atomic E-state index is 0.129. The molecule has 0 unspecified atom stereocenters. The zero-order valence-electron chi connectivity index (χ0n) is 10.1. The molecule has 0 aliphatic rings. The van der Waals surface area contributed by atoms with Gasteiger partial charge >= 0.3 is 0 Å². The maximum absolute atomic E-state index is 13.0. The van der Waals surface area contributed by atoms with Crippen LogP contribution < -0.4 is 4.72 Å². The molecule has 0 amide bonds. The third-order valence-corrected chi connectivity index (χ3v) is 3.87. The Hall–Kier alpha value is -0.740. The molecule has 0 radical (unpaired) electrons. The van der Waals surface area contributed by atoms with E-state index in [2.05, 4.69) is 4.72 Å². The lowest BCUT2D eigenvalue weighted by atomic mass is 10.1. The first kappa shape index (κ1) is 13.3. The first-order valence-corrected chi connectivity index (χ1v) is 6.39. The molecule has 0 aromatic heterocycles. The van der Waals surface area contributed by atoms with Gasteiger partial charge in [0.05, 0.1) is 15.7 Å². The molecule has 1 rings (SSSR count). The van der Waals surface area contributed by atoms with E-state index in [9.17, 15) is 8.60 Å². The molecule has 1 N–H and O–H groups in total. The third kappa shape index (κ3) is 3.68. The summed E-state index contributed by atoms with van der Waals surface area (Å²) in [5.74, 6) is -0.271. The molecule has 2 atom stereocenters. The van der Waals surface area contributed by atoms with Gasteiger partial charge in [-0.05, 0) is 45.4 Å². The third-order valence-electron chi connectivity index (χ3n) is 2.19. The van der Waals surface area contributed by atoms with Crippen LogP contribution in [0.4, 0.5) is 4.39 Å². The largest absolute Gasteiger partial charge is 0.242 e. The predicted molar refractivity (Wildman–Crippen MR) is 65.8 cm³/mol. The maximum Gasteiger partial charge on any atom is 0.123 e. The first-order chi connectivity index (χ1) is 7.30. The molecule has 0 bridgehead atoms. The highest BCUT2D eigenvalue weighted by atomic mass is 32.2. The van der Waals surface area contributed by atoms with Gasteiger partial charge in [-0.2, -0.15) is 0 Å². The fraction of sp³-hybridized carbons (Fsp3) is 0.500. The standard InChI is InChI=1S/C12H18FNOS/c1-9(14-16(15)12(2,3)4)10-6-5-7-11(13)8-10/h5-9,14H,1-4H3/t9-,16-/m0/s1. The van der Waals surface area contributed by atoms with Crippen LogP contribution in [-0.4, -0.2) is 8.96 Å². The Morgan fingerprint density at radius 3 is 2.50 bits per heavy atom. The van der Waals surface area contributed by atoms with Crippen molar-refractivity contribution in [1.29, 1.82) is 0 Å². The summed E-state index contributed by atoms with van der Waals surface area (Å²) in [4.78, 5) is 0. The van der Waals surface area contributed by atoms with Crippen LogP contribution >= 0.6 is 0 Å². The van der Waals surface area contributed by atoms with Crippen LogP contribution in [0.1, 0.15) is 39.3 Å². The van der Waals surface area contributed by atoms with Crippen LogP contribution in [-0.2, 0) is 11.0 Å². The van der Waals surface area contributed by atoms with E-state index in [0.717, 1.165) is 5.56 Å². The highest BCUT2D eigenvalue weighted by Gasteiger charge is 2.21. The monoisotopic (exact) mass is 243 g/mol. The minimum atomic E-state index is -1.15. The number of hydrogen-bond acceptors (Lipinski definition) is 1. The van der Waals surface area contributed by atoms with Crippen LogP contribution in [0.5, 0.6) is 0 Å². The molecule has 0 aliphatic heterocycles. The van der Waals surface area contributed by atoms with Crippen LogP contribution in [0.3, 0.4) is 0 Å². The summed E-state index contributed by atoms with van der Waals surface area (Å²) in [6, 6.07) is 6.20. The Kier molecular flexibility index (Phi) is 4.21. The fourth-order valence-electron chi connectivity index (χ4n) is 1.18. The molecule has 0 spiro atoms. The SMILES string of the molecule is C[C@H](N[S@@](=O)C(C)(C)C)c1cccc(F)c1. The summed E-state index contributed by atoms with van der Waals surface area (Å²) in [5.41, 5.74) is 0.803. The van der Waals surface area contributed by atoms with Crippen LogP contribution in [0.2, 0.25) is 0 Å². The topological polar surface area (TPSA) is 29.1 Å². The van der Waals surface area contributed by atoms with Crippen molar-refractivity contribution in [2.45, 2.75) is 38.5 Å². The van der Waals surface area contributed by atoms with Gasteiger partial charge in [-0.15, -0.1) is 0 Å². The van der Waals surface area contributed by atoms with E-state index in [0.29, 0.717) is 0 Å². The van der Waals surface area contributed by atoms with Crippen molar-refractivity contribution in [3.63, 3.8) is 0 Å². The molecule has 1 aromatic carbocycles. The van der Waals surface area contributed by atoms with Crippen molar-refractivity contribution < 1.29 is 8.60 Å². The Bertz CT molecular complexity index is 387. The normalized spacial score (nSPS) is 15.8. The van der Waals surface area contributed by atoms with Gasteiger partial charge in [-0.25, -0.2) is 13.3 Å². The second-order valence-electron chi connectivity index (χ2n) is 4.78. The van der Waals surface area contributed by atoms with Gasteiger partial charge < -0.3 is 0 Å². The van der Waals surface area contributed by atoms with Gasteiger partial charge in [0, 0.05) is 6.04 Å². The van der Waals surface area contributed by atoms with E-state index >= 15 is 0 Å². The Labute approximate surface area is 98.8 Å². The van der Waals surface area contributed by atoms with Gasteiger partial charge in [0.1, 0.15) is 5.82 Å². The summed E-state index contributed by atoms with van der Waals surface area (Å²) >= 11 is 0. The molecule has 0 heterocycles. The highest BCUT2D eigenvalue weighted by Crippen LogP contribution is 2.17. The average Bonchev–Trinajstić information content (AvgIpc) is 2.16. The molecule has 4 heteroatoms. The van der Waals surface area contributed by atoms with Crippen molar-refractivity contribution in [3.05, 3.63) is 35.6 Å². The van der Waals surface area contributed by atoms with Gasteiger partial charge in [0.15, 0.2) is 0 Å². The quantitative estimate of drug-likeness (QED) is 0.869. The number of benzene rings is 1. The van der Waals surface area contributed by atoms with E-state index in [1.54, 1.807) is 6.07 Å². The number of halogens is 1. The zero-order valence-corrected chi connectivity index (χ0v) is 10.9. The predicted octanol–water partition coefficient (Wildman–Crippen LogP) is 2.94. The van der Waals surface area contributed by atoms with Gasteiger partial charge in [-0.1, -0.05) is 12.1 Å². The summed E-state index contributed by atoms with van der Waals surface area (Å²) in [5, 5.41) is 0. The molecule has 1 aromatic rings. The van der Waals surface area contributed by atoms with Crippen molar-refractivity contribution >= 4 is 11.0 Å². The van der Waals surface area contributed by atoms with Crippen LogP contribution in [0.15, 0.2) is 24.3 Å². The van der Waals surface area contributed by atoms with Crippen LogP contribution in [0, 0.1) is 5.82 Å². The fourth-order valence-corrected chi connectivity index (χ4v) is 1.99. The number of rotatable bonds is 3. The molecular weight excluding hydrogens is 225 g/mol. The first-order valence-electron chi connectivity index (χ1n) is 5.24. The van der Waals surface area contributed by atoms with E-state index in [-0.39, 0.29) is 16.6 Å². The summed E-state index contributed by atoms with van der Waals surface area (Å²) < 4.78 is 27.5. The van der Waals surface area contributed by atoms with E-state index in [1.165, 1.54) is 12.1 Å². The van der Waals surface area contributed by atoms with Gasteiger partial charge in [0.2, 0.25) is 0 Å². The van der Waals surface area contributed by atoms with Crippen LogP contribution in [0.25, 0.3) is 0 Å². The summed E-state index contributed by atoms with van der Waals surface area (Å²) in [7, 11) is -1.15. The second kappa shape index (κ2) is 5.06. The molecule has 16 heavy (non-hydrogen) atoms. The van der Waals surface area contributed by atoms with Crippen molar-refractivity contribution in [2.75, 3.05) is 0 Å². The van der Waals surface area contributed by atoms with Crippen molar-refractivity contribution in [1.82, 2.24) is 4.72 Å². The lowest BCUT2D eigenvalue weighted by Gasteiger charge is -2.22. The Morgan fingerprint density at radius 2 is 2.00 bits per heavy atom. The van der Waals surface area contributed by atoms with E-state index in [1.807, 2.05) is 33.8 Å². The lowest BCUT2D eigenvalue weighted by Crippen LogP contribution is -2.34. The number of hydrogen-bond donors (Lipinski definition) is 1. The Balaban J connectivity index is 2.73. The smallest absolute Gasteiger partial charge is 0.123 e. The van der Waals surface area contributed by atoms with E-state index < -0.39 is 11.0 Å². The molecule has 90 valence electrons. The molecule has 2 nitrogen and oxygen atoms in total. The maximum atomic E-state index is 13.0. The van der Waals surface area contributed by atoms with Crippen molar-refractivity contribution in [3.8, 4) is 0 Å². The molecule has 0 aliphatic carbocycles. The molecule has 0 fully saturated rings. The zero-order chi connectivity index (χ0) is 12.3. The second-order valence-corrected chi connectivity index (χ2v) is 6.77. The summed E-state index contributed by atoms with van der Waals surface area (Å²) in [6.07, 6.45) is 0.